The molecule has 0 aliphatic heterocycles. The van der Waals surface area contributed by atoms with Crippen molar-refractivity contribution >= 4 is 16.7 Å². The molecule has 0 radical (unpaired) electrons. The smallest absolute Gasteiger partial charge is 0.126 e. The second kappa shape index (κ2) is 9.57. The van der Waals surface area contributed by atoms with Gasteiger partial charge in [0.1, 0.15) is 5.82 Å². The lowest BCUT2D eigenvalue weighted by Crippen LogP contribution is -2.31. The van der Waals surface area contributed by atoms with Crippen molar-refractivity contribution in [2.45, 2.75) is 26.7 Å². The maximum absolute atomic E-state index is 9.02. The van der Waals surface area contributed by atoms with E-state index in [2.05, 4.69) is 48.3 Å². The SMILES string of the molecule is CCc1ccc2nc(NCCCN(CCO)CCO)cc(C)c2c1. The van der Waals surface area contributed by atoms with Crippen LogP contribution in [0.3, 0.4) is 0 Å². The first-order chi connectivity index (χ1) is 11.7. The van der Waals surface area contributed by atoms with E-state index in [-0.39, 0.29) is 13.2 Å². The van der Waals surface area contributed by atoms with Crippen molar-refractivity contribution in [1.82, 2.24) is 9.88 Å². The van der Waals surface area contributed by atoms with Gasteiger partial charge in [-0.2, -0.15) is 0 Å². The number of aliphatic hydroxyl groups excluding tert-OH is 2. The summed E-state index contributed by atoms with van der Waals surface area (Å²) in [6.45, 7) is 7.41. The van der Waals surface area contributed by atoms with Gasteiger partial charge in [0.15, 0.2) is 0 Å². The average Bonchev–Trinajstić information content (AvgIpc) is 2.59. The summed E-state index contributed by atoms with van der Waals surface area (Å²) in [5.74, 6) is 0.903. The van der Waals surface area contributed by atoms with Crippen molar-refractivity contribution in [1.29, 1.82) is 0 Å². The molecule has 0 aliphatic carbocycles. The number of rotatable bonds is 10. The van der Waals surface area contributed by atoms with Crippen LogP contribution >= 0.6 is 0 Å². The van der Waals surface area contributed by atoms with Gasteiger partial charge >= 0.3 is 0 Å². The van der Waals surface area contributed by atoms with Crippen molar-refractivity contribution in [2.75, 3.05) is 44.7 Å². The highest BCUT2D eigenvalue weighted by atomic mass is 16.3. The number of fused-ring (bicyclic) bond motifs is 1. The van der Waals surface area contributed by atoms with Crippen LogP contribution in [-0.2, 0) is 6.42 Å². The number of aryl methyl sites for hydroxylation is 2. The molecule has 5 nitrogen and oxygen atoms in total. The Hall–Kier alpha value is -1.69. The Kier molecular flexibility index (Phi) is 7.43. The molecule has 1 aromatic carbocycles. The quantitative estimate of drug-likeness (QED) is 0.582. The number of aliphatic hydroxyl groups is 2. The van der Waals surface area contributed by atoms with Crippen LogP contribution in [0.15, 0.2) is 24.3 Å². The second-order valence-corrected chi connectivity index (χ2v) is 6.10. The molecule has 0 spiro atoms. The molecule has 0 saturated carbocycles. The van der Waals surface area contributed by atoms with Gasteiger partial charge in [-0.25, -0.2) is 4.98 Å². The van der Waals surface area contributed by atoms with E-state index >= 15 is 0 Å². The summed E-state index contributed by atoms with van der Waals surface area (Å²) in [4.78, 5) is 6.76. The summed E-state index contributed by atoms with van der Waals surface area (Å²) >= 11 is 0. The van der Waals surface area contributed by atoms with E-state index < -0.39 is 0 Å². The molecule has 1 aromatic heterocycles. The van der Waals surface area contributed by atoms with E-state index in [0.29, 0.717) is 13.1 Å². The Morgan fingerprint density at radius 1 is 1.08 bits per heavy atom. The summed E-state index contributed by atoms with van der Waals surface area (Å²) in [7, 11) is 0. The number of aromatic nitrogens is 1. The number of anilines is 1. The highest BCUT2D eigenvalue weighted by molar-refractivity contribution is 5.84. The summed E-state index contributed by atoms with van der Waals surface area (Å²) < 4.78 is 0. The standard InChI is InChI=1S/C19H29N3O2/c1-3-16-5-6-18-17(14-16)15(2)13-19(21-18)20-7-4-8-22(9-11-23)10-12-24/h5-6,13-14,23-24H,3-4,7-12H2,1-2H3,(H,20,21). The maximum atomic E-state index is 9.02. The lowest BCUT2D eigenvalue weighted by molar-refractivity contribution is 0.161. The number of nitrogens with one attached hydrogen (secondary N) is 1. The van der Waals surface area contributed by atoms with Crippen molar-refractivity contribution in [3.63, 3.8) is 0 Å². The van der Waals surface area contributed by atoms with Crippen LogP contribution < -0.4 is 5.32 Å². The van der Waals surface area contributed by atoms with E-state index in [1.165, 1.54) is 16.5 Å². The average molecular weight is 331 g/mol. The molecule has 5 heteroatoms. The van der Waals surface area contributed by atoms with Gasteiger partial charge in [-0.3, -0.25) is 4.90 Å². The number of pyridine rings is 1. The van der Waals surface area contributed by atoms with Gasteiger partial charge < -0.3 is 15.5 Å². The molecule has 3 N–H and O–H groups in total. The highest BCUT2D eigenvalue weighted by Gasteiger charge is 2.05. The van der Waals surface area contributed by atoms with Gasteiger partial charge in [0, 0.05) is 25.0 Å². The summed E-state index contributed by atoms with van der Waals surface area (Å²) in [6, 6.07) is 8.56. The largest absolute Gasteiger partial charge is 0.395 e. The lowest BCUT2D eigenvalue weighted by atomic mass is 10.1. The number of benzene rings is 1. The molecule has 0 saturated heterocycles. The molecule has 2 rings (SSSR count). The molecule has 0 amide bonds. The Bertz CT molecular complexity index is 640. The monoisotopic (exact) mass is 331 g/mol. The first-order valence-electron chi connectivity index (χ1n) is 8.76. The van der Waals surface area contributed by atoms with Gasteiger partial charge in [-0.15, -0.1) is 0 Å². The number of nitrogens with zero attached hydrogens (tertiary/aromatic N) is 2. The van der Waals surface area contributed by atoms with Gasteiger partial charge in [0.05, 0.1) is 18.7 Å². The molecule has 0 bridgehead atoms. The predicted molar refractivity (Wildman–Crippen MR) is 99.6 cm³/mol. The van der Waals surface area contributed by atoms with Crippen LogP contribution in [0, 0.1) is 6.92 Å². The number of hydrogen-bond donors (Lipinski definition) is 3. The molecule has 0 fully saturated rings. The third-order valence-corrected chi connectivity index (χ3v) is 4.28. The summed E-state index contributed by atoms with van der Waals surface area (Å²) in [6.07, 6.45) is 1.97. The fourth-order valence-electron chi connectivity index (χ4n) is 2.89. The van der Waals surface area contributed by atoms with Crippen LogP contribution in [0.2, 0.25) is 0 Å². The van der Waals surface area contributed by atoms with Crippen LogP contribution in [0.25, 0.3) is 10.9 Å². The minimum absolute atomic E-state index is 0.124. The molecular formula is C19H29N3O2. The van der Waals surface area contributed by atoms with E-state index in [4.69, 9.17) is 15.2 Å². The fourth-order valence-corrected chi connectivity index (χ4v) is 2.89. The Balaban J connectivity index is 1.93. The molecule has 0 unspecified atom stereocenters. The van der Waals surface area contributed by atoms with Gasteiger partial charge in [0.25, 0.3) is 0 Å². The van der Waals surface area contributed by atoms with Crippen LogP contribution in [0.4, 0.5) is 5.82 Å². The van der Waals surface area contributed by atoms with Crippen LogP contribution in [0.5, 0.6) is 0 Å². The minimum Gasteiger partial charge on any atom is -0.395 e. The van der Waals surface area contributed by atoms with Crippen LogP contribution in [0.1, 0.15) is 24.5 Å². The first kappa shape index (κ1) is 18.6. The molecule has 0 aliphatic rings. The maximum Gasteiger partial charge on any atom is 0.126 e. The third kappa shape index (κ3) is 5.16. The second-order valence-electron chi connectivity index (χ2n) is 6.10. The van der Waals surface area contributed by atoms with Crippen molar-refractivity contribution in [3.8, 4) is 0 Å². The fraction of sp³-hybridized carbons (Fsp3) is 0.526. The Labute approximate surface area is 144 Å². The molecule has 24 heavy (non-hydrogen) atoms. The normalized spacial score (nSPS) is 11.4. The zero-order valence-electron chi connectivity index (χ0n) is 14.8. The van der Waals surface area contributed by atoms with E-state index in [9.17, 15) is 0 Å². The minimum atomic E-state index is 0.124. The van der Waals surface area contributed by atoms with Crippen molar-refractivity contribution in [2.24, 2.45) is 0 Å². The Morgan fingerprint density at radius 3 is 2.50 bits per heavy atom. The van der Waals surface area contributed by atoms with Crippen molar-refractivity contribution < 1.29 is 10.2 Å². The molecule has 132 valence electrons. The molecule has 2 aromatic rings. The molecule has 0 atom stereocenters. The zero-order valence-corrected chi connectivity index (χ0v) is 14.8. The van der Waals surface area contributed by atoms with Gasteiger partial charge in [-0.05, 0) is 55.6 Å². The van der Waals surface area contributed by atoms with E-state index in [1.54, 1.807) is 0 Å². The Morgan fingerprint density at radius 2 is 1.83 bits per heavy atom. The third-order valence-electron chi connectivity index (χ3n) is 4.28. The lowest BCUT2D eigenvalue weighted by Gasteiger charge is -2.20. The molecular weight excluding hydrogens is 302 g/mol. The van der Waals surface area contributed by atoms with E-state index in [0.717, 1.165) is 37.3 Å². The summed E-state index contributed by atoms with van der Waals surface area (Å²) in [5.41, 5.74) is 3.60. The van der Waals surface area contributed by atoms with Gasteiger partial charge in [-0.1, -0.05) is 13.0 Å². The topological polar surface area (TPSA) is 68.6 Å². The van der Waals surface area contributed by atoms with Crippen molar-refractivity contribution in [3.05, 3.63) is 35.4 Å². The first-order valence-corrected chi connectivity index (χ1v) is 8.76. The predicted octanol–water partition coefficient (Wildman–Crippen LogP) is 2.19. The summed E-state index contributed by atoms with van der Waals surface area (Å²) in [5, 5.41) is 22.6. The van der Waals surface area contributed by atoms with Gasteiger partial charge in [0.2, 0.25) is 0 Å². The molecule has 1 heterocycles. The highest BCUT2D eigenvalue weighted by Crippen LogP contribution is 2.21. The van der Waals surface area contributed by atoms with E-state index in [1.807, 2.05) is 0 Å². The number of hydrogen-bond acceptors (Lipinski definition) is 5. The zero-order chi connectivity index (χ0) is 17.4. The van der Waals surface area contributed by atoms with Crippen LogP contribution in [-0.4, -0.2) is 59.5 Å².